The van der Waals surface area contributed by atoms with E-state index in [4.69, 9.17) is 0 Å². The van der Waals surface area contributed by atoms with Crippen molar-refractivity contribution in [3.05, 3.63) is 30.1 Å². The summed E-state index contributed by atoms with van der Waals surface area (Å²) in [4.78, 5) is 31.4. The van der Waals surface area contributed by atoms with Gasteiger partial charge in [0.25, 0.3) is 5.91 Å². The zero-order valence-electron chi connectivity index (χ0n) is 16.4. The quantitative estimate of drug-likeness (QED) is 0.844. The first-order valence-electron chi connectivity index (χ1n) is 10.9. The average Bonchev–Trinajstić information content (AvgIpc) is 2.66. The zero-order valence-corrected chi connectivity index (χ0v) is 16.4. The van der Waals surface area contributed by atoms with Gasteiger partial charge in [0.2, 0.25) is 0 Å². The lowest BCUT2D eigenvalue weighted by molar-refractivity contribution is -0.0138. The lowest BCUT2D eigenvalue weighted by Gasteiger charge is -2.56. The Hall–Kier alpha value is -2.11. The predicted octanol–water partition coefficient (Wildman–Crippen LogP) is 2.95. The number of likely N-dealkylation sites (tertiary alicyclic amines) is 1. The van der Waals surface area contributed by atoms with Crippen LogP contribution in [0.5, 0.6) is 0 Å². The number of amides is 3. The first-order chi connectivity index (χ1) is 13.6. The molecule has 2 N–H and O–H groups in total. The van der Waals surface area contributed by atoms with Gasteiger partial charge in [0.1, 0.15) is 0 Å². The summed E-state index contributed by atoms with van der Waals surface area (Å²) < 4.78 is 0. The van der Waals surface area contributed by atoms with Crippen molar-refractivity contribution in [2.45, 2.75) is 62.9 Å². The topological polar surface area (TPSA) is 74.3 Å². The van der Waals surface area contributed by atoms with E-state index in [0.717, 1.165) is 56.4 Å². The Morgan fingerprint density at radius 3 is 2.46 bits per heavy atom. The molecular formula is C22H30N4O2. The number of pyridine rings is 1. The molecule has 1 atom stereocenters. The minimum Gasteiger partial charge on any atom is -0.337 e. The SMILES string of the molecule is O=C(NC1CCCN(C(=O)c2cccnc2)C1)NC12CC3CC(CC(C3)C1)C2. The second-order valence-corrected chi connectivity index (χ2v) is 9.63. The fraction of sp³-hybridized carbons (Fsp3) is 0.682. The molecule has 5 fully saturated rings. The van der Waals surface area contributed by atoms with Crippen molar-refractivity contribution in [3.8, 4) is 0 Å². The van der Waals surface area contributed by atoms with Crippen LogP contribution >= 0.6 is 0 Å². The molecule has 1 aromatic heterocycles. The van der Waals surface area contributed by atoms with Crippen molar-refractivity contribution in [2.24, 2.45) is 17.8 Å². The highest BCUT2D eigenvalue weighted by Crippen LogP contribution is 2.55. The number of aromatic nitrogens is 1. The molecule has 1 saturated heterocycles. The van der Waals surface area contributed by atoms with Gasteiger partial charge in [0, 0.05) is 37.1 Å². The van der Waals surface area contributed by atoms with Crippen molar-refractivity contribution >= 4 is 11.9 Å². The number of carbonyl (C=O) groups excluding carboxylic acids is 2. The molecular weight excluding hydrogens is 352 g/mol. The van der Waals surface area contributed by atoms with Gasteiger partial charge in [-0.3, -0.25) is 9.78 Å². The Bertz CT molecular complexity index is 715. The summed E-state index contributed by atoms with van der Waals surface area (Å²) in [5, 5.41) is 6.55. The van der Waals surface area contributed by atoms with E-state index in [-0.39, 0.29) is 23.5 Å². The van der Waals surface area contributed by atoms with Gasteiger partial charge in [-0.15, -0.1) is 0 Å². The number of urea groups is 1. The maximum Gasteiger partial charge on any atom is 0.315 e. The summed E-state index contributed by atoms with van der Waals surface area (Å²) >= 11 is 0. The van der Waals surface area contributed by atoms with Gasteiger partial charge in [0.15, 0.2) is 0 Å². The highest BCUT2D eigenvalue weighted by atomic mass is 16.2. The second kappa shape index (κ2) is 7.05. The summed E-state index contributed by atoms with van der Waals surface area (Å²) in [6.07, 6.45) is 12.7. The molecule has 4 bridgehead atoms. The fourth-order valence-corrected chi connectivity index (χ4v) is 6.68. The normalized spacial score (nSPS) is 36.2. The predicted molar refractivity (Wildman–Crippen MR) is 106 cm³/mol. The lowest BCUT2D eigenvalue weighted by atomic mass is 9.53. The molecule has 1 aromatic rings. The number of nitrogens with zero attached hydrogens (tertiary/aromatic N) is 2. The molecule has 0 spiro atoms. The minimum absolute atomic E-state index is 0.00101. The Labute approximate surface area is 166 Å². The van der Waals surface area contributed by atoms with Gasteiger partial charge < -0.3 is 15.5 Å². The van der Waals surface area contributed by atoms with E-state index in [1.54, 1.807) is 24.5 Å². The van der Waals surface area contributed by atoms with E-state index < -0.39 is 0 Å². The molecule has 6 nitrogen and oxygen atoms in total. The molecule has 1 unspecified atom stereocenters. The number of piperidine rings is 1. The molecule has 28 heavy (non-hydrogen) atoms. The van der Waals surface area contributed by atoms with Crippen LogP contribution in [-0.2, 0) is 0 Å². The highest BCUT2D eigenvalue weighted by molar-refractivity contribution is 5.94. The van der Waals surface area contributed by atoms with Crippen LogP contribution in [0, 0.1) is 17.8 Å². The van der Waals surface area contributed by atoms with Crippen molar-refractivity contribution in [1.82, 2.24) is 20.5 Å². The lowest BCUT2D eigenvalue weighted by Crippen LogP contribution is -2.63. The molecule has 1 aliphatic heterocycles. The van der Waals surface area contributed by atoms with Crippen LogP contribution in [0.4, 0.5) is 4.79 Å². The minimum atomic E-state index is -0.0392. The van der Waals surface area contributed by atoms with Crippen LogP contribution in [0.15, 0.2) is 24.5 Å². The van der Waals surface area contributed by atoms with Crippen molar-refractivity contribution in [2.75, 3.05) is 13.1 Å². The van der Waals surface area contributed by atoms with Crippen LogP contribution in [0.1, 0.15) is 61.7 Å². The highest BCUT2D eigenvalue weighted by Gasteiger charge is 2.51. The van der Waals surface area contributed by atoms with Gasteiger partial charge in [0.05, 0.1) is 5.56 Å². The third-order valence-corrected chi connectivity index (χ3v) is 7.37. The van der Waals surface area contributed by atoms with Crippen LogP contribution in [-0.4, -0.2) is 46.5 Å². The Morgan fingerprint density at radius 2 is 1.82 bits per heavy atom. The maximum atomic E-state index is 12.8. The first-order valence-corrected chi connectivity index (χ1v) is 10.9. The van der Waals surface area contributed by atoms with E-state index in [1.807, 2.05) is 4.90 Å². The molecule has 0 aromatic carbocycles. The summed E-state index contributed by atoms with van der Waals surface area (Å²) in [5.41, 5.74) is 0.639. The number of nitrogens with one attached hydrogen (secondary N) is 2. The van der Waals surface area contributed by atoms with Crippen LogP contribution in [0.3, 0.4) is 0 Å². The monoisotopic (exact) mass is 382 g/mol. The van der Waals surface area contributed by atoms with Gasteiger partial charge in [-0.1, -0.05) is 0 Å². The van der Waals surface area contributed by atoms with E-state index in [2.05, 4.69) is 15.6 Å². The van der Waals surface area contributed by atoms with Crippen LogP contribution in [0.2, 0.25) is 0 Å². The molecule has 150 valence electrons. The average molecular weight is 383 g/mol. The van der Waals surface area contributed by atoms with Crippen LogP contribution in [0.25, 0.3) is 0 Å². The zero-order chi connectivity index (χ0) is 19.1. The smallest absolute Gasteiger partial charge is 0.315 e. The van der Waals surface area contributed by atoms with E-state index >= 15 is 0 Å². The number of hydrogen-bond acceptors (Lipinski definition) is 3. The van der Waals surface area contributed by atoms with E-state index in [0.29, 0.717) is 12.1 Å². The maximum absolute atomic E-state index is 12.8. The van der Waals surface area contributed by atoms with Gasteiger partial charge >= 0.3 is 6.03 Å². The third kappa shape index (κ3) is 3.49. The van der Waals surface area contributed by atoms with E-state index in [1.165, 1.54) is 19.3 Å². The molecule has 5 aliphatic rings. The summed E-state index contributed by atoms with van der Waals surface area (Å²) in [5.74, 6) is 2.44. The summed E-state index contributed by atoms with van der Waals surface area (Å²) in [7, 11) is 0. The molecule has 6 rings (SSSR count). The van der Waals surface area contributed by atoms with Crippen LogP contribution < -0.4 is 10.6 Å². The largest absolute Gasteiger partial charge is 0.337 e. The van der Waals surface area contributed by atoms with Crippen molar-refractivity contribution < 1.29 is 9.59 Å². The summed E-state index contributed by atoms with van der Waals surface area (Å²) in [6, 6.07) is 3.56. The number of rotatable bonds is 3. The fourth-order valence-electron chi connectivity index (χ4n) is 6.68. The van der Waals surface area contributed by atoms with Gasteiger partial charge in [-0.05, 0) is 81.3 Å². The second-order valence-electron chi connectivity index (χ2n) is 9.63. The van der Waals surface area contributed by atoms with Crippen molar-refractivity contribution in [3.63, 3.8) is 0 Å². The Morgan fingerprint density at radius 1 is 1.11 bits per heavy atom. The molecule has 4 saturated carbocycles. The van der Waals surface area contributed by atoms with Crippen molar-refractivity contribution in [1.29, 1.82) is 0 Å². The van der Waals surface area contributed by atoms with Gasteiger partial charge in [-0.25, -0.2) is 4.79 Å². The Kier molecular flexibility index (Phi) is 4.52. The molecule has 0 radical (unpaired) electrons. The number of carbonyl (C=O) groups is 2. The Balaban J connectivity index is 1.18. The molecule has 6 heteroatoms. The molecule has 3 amide bonds. The van der Waals surface area contributed by atoms with E-state index in [9.17, 15) is 9.59 Å². The first kappa shape index (κ1) is 18.0. The number of hydrogen-bond donors (Lipinski definition) is 2. The molecule has 4 aliphatic carbocycles. The van der Waals surface area contributed by atoms with Gasteiger partial charge in [-0.2, -0.15) is 0 Å². The standard InChI is InChI=1S/C22H30N4O2/c27-20(18-3-1-5-23-13-18)26-6-2-4-19(14-26)24-21(28)25-22-10-15-7-16(11-22)9-17(8-15)12-22/h1,3,5,13,15-17,19H,2,4,6-12,14H2,(H2,24,25,28). The third-order valence-electron chi connectivity index (χ3n) is 7.37. The summed E-state index contributed by atoms with van der Waals surface area (Å²) in [6.45, 7) is 1.31. The molecule has 2 heterocycles.